The van der Waals surface area contributed by atoms with E-state index in [0.717, 1.165) is 16.8 Å². The van der Waals surface area contributed by atoms with Gasteiger partial charge < -0.3 is 5.73 Å². The van der Waals surface area contributed by atoms with Gasteiger partial charge in [-0.15, -0.1) is 0 Å². The van der Waals surface area contributed by atoms with Crippen LogP contribution in [0, 0.1) is 0 Å². The van der Waals surface area contributed by atoms with Gasteiger partial charge in [-0.05, 0) is 23.8 Å². The maximum Gasteiger partial charge on any atom is 0.0393 e. The highest BCUT2D eigenvalue weighted by Gasteiger charge is 1.98. The van der Waals surface area contributed by atoms with Crippen LogP contribution < -0.4 is 5.73 Å². The molecular weight excluding hydrogens is 160 g/mol. The third-order valence-corrected chi connectivity index (χ3v) is 1.95. The summed E-state index contributed by atoms with van der Waals surface area (Å²) in [4.78, 5) is 3.96. The van der Waals surface area contributed by atoms with Crippen LogP contribution in [0.15, 0.2) is 48.8 Å². The molecule has 2 rings (SSSR count). The standard InChI is InChI=1S/C11H10N2/c12-11-4-2-1-3-10(11)9-5-7-13-8-6-9/h1-8H,12H2. The molecule has 2 nitrogen and oxygen atoms in total. The normalized spacial score (nSPS) is 9.85. The van der Waals surface area contributed by atoms with Gasteiger partial charge >= 0.3 is 0 Å². The monoisotopic (exact) mass is 170 g/mol. The number of rotatable bonds is 1. The van der Waals surface area contributed by atoms with Gasteiger partial charge in [-0.3, -0.25) is 4.98 Å². The molecule has 2 aromatic rings. The third kappa shape index (κ3) is 1.51. The van der Waals surface area contributed by atoms with E-state index in [9.17, 15) is 0 Å². The lowest BCUT2D eigenvalue weighted by Gasteiger charge is -2.03. The first-order chi connectivity index (χ1) is 6.38. The zero-order chi connectivity index (χ0) is 9.10. The zero-order valence-corrected chi connectivity index (χ0v) is 7.14. The Labute approximate surface area is 77.0 Å². The Hall–Kier alpha value is -1.83. The molecule has 2 N–H and O–H groups in total. The molecule has 13 heavy (non-hydrogen) atoms. The molecule has 0 bridgehead atoms. The van der Waals surface area contributed by atoms with Crippen LogP contribution in [-0.2, 0) is 0 Å². The van der Waals surface area contributed by atoms with Crippen molar-refractivity contribution in [1.29, 1.82) is 0 Å². The fourth-order valence-electron chi connectivity index (χ4n) is 1.29. The van der Waals surface area contributed by atoms with E-state index in [0.29, 0.717) is 0 Å². The molecule has 2 heteroatoms. The Morgan fingerprint density at radius 2 is 1.62 bits per heavy atom. The van der Waals surface area contributed by atoms with Crippen LogP contribution in [0.1, 0.15) is 0 Å². The largest absolute Gasteiger partial charge is 0.398 e. The summed E-state index contributed by atoms with van der Waals surface area (Å²) in [6, 6.07) is 11.7. The summed E-state index contributed by atoms with van der Waals surface area (Å²) >= 11 is 0. The van der Waals surface area contributed by atoms with E-state index in [1.165, 1.54) is 0 Å². The molecule has 0 saturated heterocycles. The first-order valence-corrected chi connectivity index (χ1v) is 4.13. The molecule has 0 unspecified atom stereocenters. The van der Waals surface area contributed by atoms with Gasteiger partial charge in [0.05, 0.1) is 0 Å². The molecule has 0 amide bonds. The molecule has 0 aliphatic rings. The molecule has 1 heterocycles. The molecule has 0 aliphatic carbocycles. The number of nitrogens with zero attached hydrogens (tertiary/aromatic N) is 1. The summed E-state index contributed by atoms with van der Waals surface area (Å²) in [6.45, 7) is 0. The van der Waals surface area contributed by atoms with Crippen molar-refractivity contribution in [3.63, 3.8) is 0 Å². The van der Waals surface area contributed by atoms with Crippen LogP contribution in [0.5, 0.6) is 0 Å². The minimum Gasteiger partial charge on any atom is -0.398 e. The van der Waals surface area contributed by atoms with Crippen molar-refractivity contribution in [2.75, 3.05) is 5.73 Å². The molecule has 0 fully saturated rings. The van der Waals surface area contributed by atoms with E-state index in [-0.39, 0.29) is 0 Å². The molecule has 0 radical (unpaired) electrons. The quantitative estimate of drug-likeness (QED) is 0.667. The minimum absolute atomic E-state index is 0.800. The number of nitrogen functional groups attached to an aromatic ring is 1. The van der Waals surface area contributed by atoms with E-state index < -0.39 is 0 Å². The van der Waals surface area contributed by atoms with Crippen molar-refractivity contribution in [3.8, 4) is 11.1 Å². The lowest BCUT2D eigenvalue weighted by Crippen LogP contribution is -1.88. The lowest BCUT2D eigenvalue weighted by atomic mass is 10.1. The van der Waals surface area contributed by atoms with Crippen molar-refractivity contribution in [2.45, 2.75) is 0 Å². The Kier molecular flexibility index (Phi) is 1.96. The highest BCUT2D eigenvalue weighted by atomic mass is 14.6. The number of benzene rings is 1. The summed E-state index contributed by atoms with van der Waals surface area (Å²) in [5, 5.41) is 0. The van der Waals surface area contributed by atoms with E-state index in [1.807, 2.05) is 36.4 Å². The van der Waals surface area contributed by atoms with Gasteiger partial charge in [0, 0.05) is 23.6 Å². The number of aromatic nitrogens is 1. The Morgan fingerprint density at radius 1 is 0.923 bits per heavy atom. The second-order valence-electron chi connectivity index (χ2n) is 2.82. The minimum atomic E-state index is 0.800. The molecule has 0 aliphatic heterocycles. The third-order valence-electron chi connectivity index (χ3n) is 1.95. The summed E-state index contributed by atoms with van der Waals surface area (Å²) < 4.78 is 0. The molecule has 1 aromatic heterocycles. The van der Waals surface area contributed by atoms with Crippen LogP contribution in [0.2, 0.25) is 0 Å². The molecule has 0 saturated carbocycles. The molecule has 0 atom stereocenters. The van der Waals surface area contributed by atoms with Crippen molar-refractivity contribution >= 4 is 5.69 Å². The first-order valence-electron chi connectivity index (χ1n) is 4.13. The number of hydrogen-bond donors (Lipinski definition) is 1. The highest BCUT2D eigenvalue weighted by molar-refractivity contribution is 5.75. The smallest absolute Gasteiger partial charge is 0.0393 e. The summed E-state index contributed by atoms with van der Waals surface area (Å²) in [7, 11) is 0. The molecule has 0 spiro atoms. The molecule has 64 valence electrons. The number of para-hydroxylation sites is 1. The fourth-order valence-corrected chi connectivity index (χ4v) is 1.29. The van der Waals surface area contributed by atoms with E-state index in [2.05, 4.69) is 4.98 Å². The maximum absolute atomic E-state index is 5.83. The second kappa shape index (κ2) is 3.27. The average Bonchev–Trinajstić information content (AvgIpc) is 2.20. The van der Waals surface area contributed by atoms with Crippen molar-refractivity contribution in [3.05, 3.63) is 48.8 Å². The zero-order valence-electron chi connectivity index (χ0n) is 7.14. The summed E-state index contributed by atoms with van der Waals surface area (Å²) in [5.74, 6) is 0. The number of anilines is 1. The summed E-state index contributed by atoms with van der Waals surface area (Å²) in [5.41, 5.74) is 8.80. The fraction of sp³-hybridized carbons (Fsp3) is 0. The number of pyridine rings is 1. The van der Waals surface area contributed by atoms with E-state index >= 15 is 0 Å². The van der Waals surface area contributed by atoms with Gasteiger partial charge in [0.2, 0.25) is 0 Å². The predicted molar refractivity (Wildman–Crippen MR) is 54.1 cm³/mol. The topological polar surface area (TPSA) is 38.9 Å². The van der Waals surface area contributed by atoms with Crippen LogP contribution >= 0.6 is 0 Å². The van der Waals surface area contributed by atoms with Gasteiger partial charge in [0.1, 0.15) is 0 Å². The number of hydrogen-bond acceptors (Lipinski definition) is 2. The van der Waals surface area contributed by atoms with Crippen LogP contribution in [-0.4, -0.2) is 4.98 Å². The average molecular weight is 170 g/mol. The van der Waals surface area contributed by atoms with Crippen molar-refractivity contribution in [2.24, 2.45) is 0 Å². The van der Waals surface area contributed by atoms with Gasteiger partial charge in [0.25, 0.3) is 0 Å². The van der Waals surface area contributed by atoms with Crippen LogP contribution in [0.3, 0.4) is 0 Å². The number of nitrogens with two attached hydrogens (primary N) is 1. The van der Waals surface area contributed by atoms with Crippen molar-refractivity contribution in [1.82, 2.24) is 4.98 Å². The van der Waals surface area contributed by atoms with E-state index in [4.69, 9.17) is 5.73 Å². The van der Waals surface area contributed by atoms with Gasteiger partial charge in [-0.1, -0.05) is 18.2 Å². The molecular formula is C11H10N2. The first kappa shape index (κ1) is 7.80. The molecule has 1 aromatic carbocycles. The Morgan fingerprint density at radius 3 is 2.31 bits per heavy atom. The van der Waals surface area contributed by atoms with Gasteiger partial charge in [-0.25, -0.2) is 0 Å². The van der Waals surface area contributed by atoms with Crippen LogP contribution in [0.25, 0.3) is 11.1 Å². The maximum atomic E-state index is 5.83. The Balaban J connectivity index is 2.54. The Bertz CT molecular complexity index is 396. The van der Waals surface area contributed by atoms with Gasteiger partial charge in [0.15, 0.2) is 0 Å². The summed E-state index contributed by atoms with van der Waals surface area (Å²) in [6.07, 6.45) is 3.53. The van der Waals surface area contributed by atoms with Crippen molar-refractivity contribution < 1.29 is 0 Å². The second-order valence-corrected chi connectivity index (χ2v) is 2.82. The predicted octanol–water partition coefficient (Wildman–Crippen LogP) is 2.33. The van der Waals surface area contributed by atoms with Gasteiger partial charge in [-0.2, -0.15) is 0 Å². The highest BCUT2D eigenvalue weighted by Crippen LogP contribution is 2.23. The van der Waals surface area contributed by atoms with Crippen LogP contribution in [0.4, 0.5) is 5.69 Å². The SMILES string of the molecule is Nc1ccccc1-c1ccncc1. The lowest BCUT2D eigenvalue weighted by molar-refractivity contribution is 1.33. The van der Waals surface area contributed by atoms with E-state index in [1.54, 1.807) is 12.4 Å².